The van der Waals surface area contributed by atoms with Gasteiger partial charge in [-0.25, -0.2) is 9.97 Å². The van der Waals surface area contributed by atoms with Gasteiger partial charge in [0.1, 0.15) is 23.1 Å². The number of aromatic nitrogens is 3. The van der Waals surface area contributed by atoms with Crippen molar-refractivity contribution in [3.8, 4) is 11.5 Å². The zero-order chi connectivity index (χ0) is 27.1. The molecule has 2 N–H and O–H groups in total. The Morgan fingerprint density at radius 1 is 0.950 bits per heavy atom. The number of rotatable bonds is 10. The summed E-state index contributed by atoms with van der Waals surface area (Å²) in [5, 5.41) is 9.72. The van der Waals surface area contributed by atoms with Crippen molar-refractivity contribution in [3.63, 3.8) is 0 Å². The number of pyridine rings is 1. The minimum absolute atomic E-state index is 0.435. The summed E-state index contributed by atoms with van der Waals surface area (Å²) in [6.45, 7) is 6.07. The monoisotopic (exact) mass is 538 g/mol. The Bertz CT molecular complexity index is 1510. The van der Waals surface area contributed by atoms with E-state index in [-0.39, 0.29) is 0 Å². The molecule has 40 heavy (non-hydrogen) atoms. The van der Waals surface area contributed by atoms with Crippen molar-refractivity contribution in [1.82, 2.24) is 19.4 Å². The maximum Gasteiger partial charge on any atom is 0.134 e. The maximum atomic E-state index is 5.58. The number of nitrogens with zero attached hydrogens (tertiary/aromatic N) is 4. The van der Waals surface area contributed by atoms with Crippen molar-refractivity contribution in [2.24, 2.45) is 17.3 Å². The van der Waals surface area contributed by atoms with Crippen LogP contribution in [0.4, 0.5) is 11.5 Å². The normalized spacial score (nSPS) is 23.4. The predicted molar refractivity (Wildman–Crippen MR) is 158 cm³/mol. The van der Waals surface area contributed by atoms with Gasteiger partial charge in [-0.3, -0.25) is 4.90 Å². The highest BCUT2D eigenvalue weighted by Crippen LogP contribution is 2.62. The van der Waals surface area contributed by atoms with Crippen LogP contribution < -0.4 is 20.1 Å². The Hall–Kier alpha value is -3.78. The minimum atomic E-state index is 0.435. The topological polar surface area (TPSA) is 76.5 Å². The molecule has 2 bridgehead atoms. The SMILES string of the molecule is COc1ccc(CNc2nccc3c(NCC45CC(CN6CCn7ccnc7C6)C(C4)C5)cccc23)c(OC)c1. The molecule has 8 rings (SSSR count). The van der Waals surface area contributed by atoms with E-state index in [0.717, 1.165) is 66.3 Å². The first-order valence-corrected chi connectivity index (χ1v) is 14.4. The van der Waals surface area contributed by atoms with Crippen LogP contribution in [-0.2, 0) is 19.6 Å². The molecule has 0 radical (unpaired) electrons. The van der Waals surface area contributed by atoms with Gasteiger partial charge in [0.2, 0.25) is 0 Å². The van der Waals surface area contributed by atoms with E-state index in [0.29, 0.717) is 12.0 Å². The van der Waals surface area contributed by atoms with Crippen molar-refractivity contribution in [1.29, 1.82) is 0 Å². The van der Waals surface area contributed by atoms with Crippen LogP contribution in [0.25, 0.3) is 10.8 Å². The number of hydrogen-bond donors (Lipinski definition) is 2. The van der Waals surface area contributed by atoms with Crippen LogP contribution in [0.3, 0.4) is 0 Å². The van der Waals surface area contributed by atoms with E-state index in [1.807, 2.05) is 30.6 Å². The second-order valence-corrected chi connectivity index (χ2v) is 11.8. The smallest absolute Gasteiger partial charge is 0.134 e. The van der Waals surface area contributed by atoms with Crippen LogP contribution in [0.1, 0.15) is 30.7 Å². The van der Waals surface area contributed by atoms with Gasteiger partial charge in [-0.15, -0.1) is 0 Å². The highest BCUT2D eigenvalue weighted by atomic mass is 16.5. The first-order chi connectivity index (χ1) is 19.6. The molecule has 2 aromatic carbocycles. The molecule has 2 aromatic heterocycles. The number of ether oxygens (including phenoxy) is 2. The van der Waals surface area contributed by atoms with Crippen molar-refractivity contribution in [3.05, 3.63) is 72.4 Å². The summed E-state index contributed by atoms with van der Waals surface area (Å²) in [5.41, 5.74) is 2.68. The Morgan fingerprint density at radius 2 is 1.88 bits per heavy atom. The number of fused-ring (bicyclic) bond motifs is 3. The number of imidazole rings is 1. The van der Waals surface area contributed by atoms with Crippen LogP contribution >= 0.6 is 0 Å². The molecule has 3 heterocycles. The molecule has 4 aromatic rings. The van der Waals surface area contributed by atoms with E-state index in [9.17, 15) is 0 Å². The first-order valence-electron chi connectivity index (χ1n) is 14.4. The second kappa shape index (κ2) is 10.3. The van der Waals surface area contributed by atoms with Gasteiger partial charge in [0.15, 0.2) is 0 Å². The lowest BCUT2D eigenvalue weighted by molar-refractivity contribution is 0.136. The van der Waals surface area contributed by atoms with Crippen molar-refractivity contribution in [2.45, 2.75) is 38.9 Å². The summed E-state index contributed by atoms with van der Waals surface area (Å²) in [6, 6.07) is 14.5. The molecular formula is C32H38N6O2. The van der Waals surface area contributed by atoms with Crippen molar-refractivity contribution in [2.75, 3.05) is 44.5 Å². The average molecular weight is 539 g/mol. The van der Waals surface area contributed by atoms with Crippen molar-refractivity contribution < 1.29 is 9.47 Å². The van der Waals surface area contributed by atoms with Crippen LogP contribution in [0.15, 0.2) is 61.1 Å². The zero-order valence-electron chi connectivity index (χ0n) is 23.4. The minimum Gasteiger partial charge on any atom is -0.497 e. The molecule has 0 spiro atoms. The van der Waals surface area contributed by atoms with E-state index in [4.69, 9.17) is 9.47 Å². The molecule has 1 aliphatic heterocycles. The Balaban J connectivity index is 0.998. The summed E-state index contributed by atoms with van der Waals surface area (Å²) >= 11 is 0. The molecule has 208 valence electrons. The largest absolute Gasteiger partial charge is 0.497 e. The molecule has 3 aliphatic carbocycles. The van der Waals surface area contributed by atoms with E-state index in [2.05, 4.69) is 60.5 Å². The van der Waals surface area contributed by atoms with Crippen LogP contribution in [-0.4, -0.2) is 53.3 Å². The van der Waals surface area contributed by atoms with E-state index >= 15 is 0 Å². The molecule has 4 aliphatic rings. The van der Waals surface area contributed by atoms with Crippen LogP contribution in [0.2, 0.25) is 0 Å². The van der Waals surface area contributed by atoms with E-state index in [1.165, 1.54) is 42.7 Å². The van der Waals surface area contributed by atoms with Gasteiger partial charge in [-0.2, -0.15) is 0 Å². The highest BCUT2D eigenvalue weighted by molar-refractivity contribution is 5.99. The fourth-order valence-electron chi connectivity index (χ4n) is 7.38. The van der Waals surface area contributed by atoms with E-state index in [1.54, 1.807) is 14.2 Å². The summed E-state index contributed by atoms with van der Waals surface area (Å²) in [6.07, 6.45) is 9.99. The van der Waals surface area contributed by atoms with Gasteiger partial charge in [0.25, 0.3) is 0 Å². The third-order valence-electron chi connectivity index (χ3n) is 9.47. The molecular weight excluding hydrogens is 500 g/mol. The molecule has 8 heteroatoms. The zero-order valence-corrected chi connectivity index (χ0v) is 23.4. The highest BCUT2D eigenvalue weighted by Gasteiger charge is 2.55. The summed E-state index contributed by atoms with van der Waals surface area (Å²) in [5.74, 6) is 5.37. The third kappa shape index (κ3) is 4.64. The number of methoxy groups -OCH3 is 2. The van der Waals surface area contributed by atoms with Gasteiger partial charge in [-0.05, 0) is 60.8 Å². The Morgan fingerprint density at radius 3 is 2.75 bits per heavy atom. The third-order valence-corrected chi connectivity index (χ3v) is 9.47. The van der Waals surface area contributed by atoms with Gasteiger partial charge in [0, 0.05) is 79.4 Å². The predicted octanol–water partition coefficient (Wildman–Crippen LogP) is 5.40. The Kier molecular flexibility index (Phi) is 6.50. The summed E-state index contributed by atoms with van der Waals surface area (Å²) < 4.78 is 13.2. The molecule has 3 fully saturated rings. The van der Waals surface area contributed by atoms with E-state index < -0.39 is 0 Å². The summed E-state index contributed by atoms with van der Waals surface area (Å²) in [7, 11) is 3.35. The fourth-order valence-corrected chi connectivity index (χ4v) is 7.38. The van der Waals surface area contributed by atoms with Crippen molar-refractivity contribution >= 4 is 22.3 Å². The lowest BCUT2D eigenvalue weighted by Crippen LogP contribution is -2.38. The lowest BCUT2D eigenvalue weighted by Gasteiger charge is -2.39. The lowest BCUT2D eigenvalue weighted by atomic mass is 9.69. The average Bonchev–Trinajstić information content (AvgIpc) is 3.67. The number of benzene rings is 2. The van der Waals surface area contributed by atoms with Gasteiger partial charge in [-0.1, -0.05) is 12.1 Å². The van der Waals surface area contributed by atoms with Crippen LogP contribution in [0, 0.1) is 17.3 Å². The molecule has 1 atom stereocenters. The molecule has 0 saturated heterocycles. The van der Waals surface area contributed by atoms with Crippen LogP contribution in [0.5, 0.6) is 11.5 Å². The first kappa shape index (κ1) is 25.2. The summed E-state index contributed by atoms with van der Waals surface area (Å²) in [4.78, 5) is 11.9. The Labute approximate surface area is 235 Å². The molecule has 0 amide bonds. The number of hydrogen-bond acceptors (Lipinski definition) is 7. The number of anilines is 2. The maximum absolute atomic E-state index is 5.58. The standard InChI is InChI=1S/C32H38N6O2/c1-39-25-7-6-22(29(14-25)40-2)18-35-31-27-4-3-5-28(26(27)8-9-34-31)36-21-32-15-23(16-32)24(17-32)19-37-12-13-38-11-10-33-30(38)20-37/h3-11,14,23-24,36H,12-13,15-21H2,1-2H3,(H,34,35). The second-order valence-electron chi connectivity index (χ2n) is 11.8. The molecule has 8 nitrogen and oxygen atoms in total. The fraction of sp³-hybridized carbons (Fsp3) is 0.438. The van der Waals surface area contributed by atoms with Gasteiger partial charge >= 0.3 is 0 Å². The molecule has 3 saturated carbocycles. The quantitative estimate of drug-likeness (QED) is 0.280. The van der Waals surface area contributed by atoms with Gasteiger partial charge in [0.05, 0.1) is 20.8 Å². The van der Waals surface area contributed by atoms with Gasteiger partial charge < -0.3 is 24.7 Å². The molecule has 1 unspecified atom stereocenters. The number of nitrogens with one attached hydrogen (secondary N) is 2.